The third-order valence-electron chi connectivity index (χ3n) is 10.0. The number of aliphatic hydroxyl groups is 1. The average Bonchev–Trinajstić information content (AvgIpc) is 3.32. The van der Waals surface area contributed by atoms with E-state index in [0.29, 0.717) is 12.8 Å². The van der Waals surface area contributed by atoms with Crippen molar-refractivity contribution in [2.45, 2.75) is 187 Å². The summed E-state index contributed by atoms with van der Waals surface area (Å²) in [6.07, 6.45) is 85.8. The van der Waals surface area contributed by atoms with E-state index in [1.807, 2.05) is 0 Å². The first-order valence-electron chi connectivity index (χ1n) is 25.7. The molecule has 0 aromatic heterocycles. The summed E-state index contributed by atoms with van der Waals surface area (Å²) in [4.78, 5) is 24.4. The van der Waals surface area contributed by atoms with Crippen molar-refractivity contribution in [1.29, 1.82) is 0 Å². The highest BCUT2D eigenvalue weighted by Crippen LogP contribution is 2.10. The molecule has 66 heavy (non-hydrogen) atoms. The fraction of sp³-hybridized carbons (Fsp3) is 0.508. The highest BCUT2D eigenvalue weighted by Gasteiger charge is 2.16. The third kappa shape index (κ3) is 51.9. The Morgan fingerprint density at radius 3 is 0.894 bits per heavy atom. The summed E-state index contributed by atoms with van der Waals surface area (Å²) in [7, 11) is 0. The average molecular weight is 905 g/mol. The molecular formula is C61H92O5. The van der Waals surface area contributed by atoms with Gasteiger partial charge in [-0.25, -0.2) is 0 Å². The molecule has 0 aliphatic rings. The predicted octanol–water partition coefficient (Wildman–Crippen LogP) is 17.4. The van der Waals surface area contributed by atoms with Gasteiger partial charge < -0.3 is 14.6 Å². The van der Waals surface area contributed by atoms with E-state index in [2.05, 4.69) is 184 Å². The van der Waals surface area contributed by atoms with Gasteiger partial charge in [0.1, 0.15) is 6.61 Å². The Labute approximate surface area is 404 Å². The number of aliphatic hydroxyl groups excluding tert-OH is 1. The van der Waals surface area contributed by atoms with Crippen LogP contribution in [0.25, 0.3) is 0 Å². The van der Waals surface area contributed by atoms with E-state index >= 15 is 0 Å². The second-order valence-electron chi connectivity index (χ2n) is 16.1. The van der Waals surface area contributed by atoms with Crippen LogP contribution in [0, 0.1) is 0 Å². The Kier molecular flexibility index (Phi) is 50.7. The van der Waals surface area contributed by atoms with E-state index in [1.54, 1.807) is 0 Å². The molecule has 0 aromatic rings. The first-order chi connectivity index (χ1) is 32.6. The highest BCUT2D eigenvalue weighted by molar-refractivity contribution is 5.70. The molecule has 0 spiro atoms. The Balaban J connectivity index is 3.72. The number of unbranched alkanes of at least 4 members (excludes halogenated alkanes) is 8. The van der Waals surface area contributed by atoms with Crippen LogP contribution in [0.15, 0.2) is 170 Å². The molecule has 0 saturated heterocycles. The largest absolute Gasteiger partial charge is 0.462 e. The molecule has 1 N–H and O–H groups in total. The molecule has 1 unspecified atom stereocenters. The van der Waals surface area contributed by atoms with Crippen molar-refractivity contribution in [3.63, 3.8) is 0 Å². The predicted molar refractivity (Wildman–Crippen MR) is 287 cm³/mol. The molecule has 0 aromatic carbocycles. The van der Waals surface area contributed by atoms with Crippen molar-refractivity contribution in [1.82, 2.24) is 0 Å². The number of allylic oxidation sites excluding steroid dienone is 28. The number of ether oxygens (including phenoxy) is 2. The summed E-state index contributed by atoms with van der Waals surface area (Å²) in [6.45, 7) is 3.84. The van der Waals surface area contributed by atoms with Gasteiger partial charge >= 0.3 is 11.9 Å². The molecule has 0 fully saturated rings. The molecule has 0 rings (SSSR count). The van der Waals surface area contributed by atoms with Crippen LogP contribution in [0.1, 0.15) is 181 Å². The van der Waals surface area contributed by atoms with Gasteiger partial charge in [-0.05, 0) is 128 Å². The van der Waals surface area contributed by atoms with Crippen LogP contribution in [0.2, 0.25) is 0 Å². The zero-order valence-corrected chi connectivity index (χ0v) is 41.6. The molecule has 0 heterocycles. The van der Waals surface area contributed by atoms with Crippen LogP contribution < -0.4 is 0 Å². The first-order valence-corrected chi connectivity index (χ1v) is 25.7. The Hall–Kier alpha value is -4.74. The van der Waals surface area contributed by atoms with Crippen molar-refractivity contribution in [2.75, 3.05) is 13.2 Å². The van der Waals surface area contributed by atoms with Crippen LogP contribution in [0.5, 0.6) is 0 Å². The van der Waals surface area contributed by atoms with Gasteiger partial charge in [0, 0.05) is 12.8 Å². The zero-order valence-electron chi connectivity index (χ0n) is 41.6. The van der Waals surface area contributed by atoms with Gasteiger partial charge in [-0.1, -0.05) is 210 Å². The van der Waals surface area contributed by atoms with E-state index < -0.39 is 6.10 Å². The third-order valence-corrected chi connectivity index (χ3v) is 10.0. The van der Waals surface area contributed by atoms with Gasteiger partial charge in [-0.3, -0.25) is 9.59 Å². The molecule has 0 saturated carbocycles. The minimum absolute atomic E-state index is 0.102. The standard InChI is InChI=1S/C61H92O5/c1-3-5-7-9-11-13-15-17-19-21-22-23-24-25-26-27-28-29-30-31-32-33-34-35-36-37-38-40-42-44-46-48-50-52-54-56-61(64)66-59(57-62)58-65-60(63)55-53-51-49-47-45-43-41-39-20-18-16-14-12-10-8-6-4-2/h5-8,11-14,17-20,22-23,25-26,28-29,31-32,34-35,37-38,41-44,59,62H,3-4,9-10,15-16,21,24,27,30,33,36,39-40,45-58H2,1-2H3/b7-5-,8-6-,13-11-,14-12-,19-17-,20-18-,23-22-,26-25-,29-28-,32-31-,35-34-,38-37-,43-41-,44-42-. The lowest BCUT2D eigenvalue weighted by Gasteiger charge is -2.15. The maximum absolute atomic E-state index is 12.3. The smallest absolute Gasteiger partial charge is 0.306 e. The zero-order chi connectivity index (χ0) is 47.7. The topological polar surface area (TPSA) is 72.8 Å². The van der Waals surface area contributed by atoms with Crippen LogP contribution in [0.4, 0.5) is 0 Å². The SMILES string of the molecule is CC/C=C\C/C=C\C/C=C\C/C=C\C/C=C\C/C=C\C/C=C\C/C=C\C/C=C\C/C=C\CCCCCCC(=O)OC(CO)COC(=O)CCCCCC/C=C\C/C=C\C/C=C\C/C=C\CC. The molecule has 0 aliphatic carbocycles. The summed E-state index contributed by atoms with van der Waals surface area (Å²) in [5.74, 6) is -0.665. The van der Waals surface area contributed by atoms with E-state index in [-0.39, 0.29) is 25.2 Å². The van der Waals surface area contributed by atoms with Gasteiger partial charge in [0.05, 0.1) is 6.61 Å². The second kappa shape index (κ2) is 54.6. The van der Waals surface area contributed by atoms with Gasteiger partial charge in [0.25, 0.3) is 0 Å². The lowest BCUT2D eigenvalue weighted by Crippen LogP contribution is -2.28. The molecule has 5 heteroatoms. The van der Waals surface area contributed by atoms with Crippen molar-refractivity contribution in [3.05, 3.63) is 170 Å². The van der Waals surface area contributed by atoms with E-state index in [9.17, 15) is 14.7 Å². The molecular weight excluding hydrogens is 813 g/mol. The number of carbonyl (C=O) groups is 2. The van der Waals surface area contributed by atoms with Crippen LogP contribution in [-0.2, 0) is 19.1 Å². The normalized spacial score (nSPS) is 13.7. The maximum atomic E-state index is 12.3. The number of esters is 2. The minimum atomic E-state index is -0.810. The monoisotopic (exact) mass is 905 g/mol. The summed E-state index contributed by atoms with van der Waals surface area (Å²) in [5, 5.41) is 9.61. The van der Waals surface area contributed by atoms with E-state index in [0.717, 1.165) is 154 Å². The van der Waals surface area contributed by atoms with E-state index in [1.165, 1.54) is 0 Å². The summed E-state index contributed by atoms with van der Waals surface area (Å²) in [6, 6.07) is 0. The first kappa shape index (κ1) is 61.3. The fourth-order valence-corrected chi connectivity index (χ4v) is 6.22. The summed E-state index contributed by atoms with van der Waals surface area (Å²) in [5.41, 5.74) is 0. The summed E-state index contributed by atoms with van der Waals surface area (Å²) < 4.78 is 10.6. The molecule has 0 bridgehead atoms. The van der Waals surface area contributed by atoms with Gasteiger partial charge in [0.2, 0.25) is 0 Å². The molecule has 0 radical (unpaired) electrons. The molecule has 5 nitrogen and oxygen atoms in total. The van der Waals surface area contributed by atoms with Gasteiger partial charge in [0.15, 0.2) is 6.10 Å². The van der Waals surface area contributed by atoms with Gasteiger partial charge in [-0.15, -0.1) is 0 Å². The Bertz CT molecular complexity index is 1540. The molecule has 0 amide bonds. The lowest BCUT2D eigenvalue weighted by molar-refractivity contribution is -0.161. The number of carbonyl (C=O) groups excluding carboxylic acids is 2. The van der Waals surface area contributed by atoms with E-state index in [4.69, 9.17) is 9.47 Å². The maximum Gasteiger partial charge on any atom is 0.306 e. The fourth-order valence-electron chi connectivity index (χ4n) is 6.22. The van der Waals surface area contributed by atoms with Crippen LogP contribution in [-0.4, -0.2) is 36.4 Å². The number of hydrogen-bond donors (Lipinski definition) is 1. The number of hydrogen-bond acceptors (Lipinski definition) is 5. The number of rotatable bonds is 44. The lowest BCUT2D eigenvalue weighted by atomic mass is 10.1. The quantitative estimate of drug-likeness (QED) is 0.0375. The van der Waals surface area contributed by atoms with Crippen molar-refractivity contribution < 1.29 is 24.2 Å². The van der Waals surface area contributed by atoms with Crippen LogP contribution >= 0.6 is 0 Å². The molecule has 1 atom stereocenters. The van der Waals surface area contributed by atoms with Crippen molar-refractivity contribution in [2.24, 2.45) is 0 Å². The second-order valence-corrected chi connectivity index (χ2v) is 16.1. The summed E-state index contributed by atoms with van der Waals surface area (Å²) >= 11 is 0. The Morgan fingerprint density at radius 2 is 0.606 bits per heavy atom. The van der Waals surface area contributed by atoms with Crippen molar-refractivity contribution >= 4 is 11.9 Å². The molecule has 0 aliphatic heterocycles. The highest BCUT2D eigenvalue weighted by atomic mass is 16.6. The van der Waals surface area contributed by atoms with Gasteiger partial charge in [-0.2, -0.15) is 0 Å². The minimum Gasteiger partial charge on any atom is -0.462 e. The molecule has 366 valence electrons. The van der Waals surface area contributed by atoms with Crippen molar-refractivity contribution in [3.8, 4) is 0 Å². The Morgan fingerprint density at radius 1 is 0.348 bits per heavy atom. The van der Waals surface area contributed by atoms with Crippen LogP contribution in [0.3, 0.4) is 0 Å².